The fourth-order valence-corrected chi connectivity index (χ4v) is 0.260. The van der Waals surface area contributed by atoms with Gasteiger partial charge in [0.25, 0.3) is 0 Å². The molecule has 0 aromatic carbocycles. The van der Waals surface area contributed by atoms with Gasteiger partial charge < -0.3 is 0 Å². The Kier molecular flexibility index (Phi) is 3.45. The quantitative estimate of drug-likeness (QED) is 0.200. The van der Waals surface area contributed by atoms with Gasteiger partial charge in [-0.1, -0.05) is 0 Å². The lowest BCUT2D eigenvalue weighted by Gasteiger charge is -1.88. The first-order chi connectivity index (χ1) is 3.31. The number of thiocarbonyl (C=S) groups is 1. The van der Waals surface area contributed by atoms with Crippen LogP contribution in [0.5, 0.6) is 0 Å². The van der Waals surface area contributed by atoms with Crippen molar-refractivity contribution in [3.63, 3.8) is 0 Å². The molecule has 0 aromatic rings. The van der Waals surface area contributed by atoms with Crippen LogP contribution < -0.4 is 11.3 Å². The first-order valence-corrected chi connectivity index (χ1v) is 2.21. The van der Waals surface area contributed by atoms with Gasteiger partial charge in [0, 0.05) is 6.21 Å². The summed E-state index contributed by atoms with van der Waals surface area (Å²) in [5.74, 6) is 4.85. The van der Waals surface area contributed by atoms with Crippen molar-refractivity contribution < 1.29 is 0 Å². The Morgan fingerprint density at radius 1 is 2.00 bits per heavy atom. The molecule has 0 amide bonds. The number of aliphatic imine (C=N–C) groups is 1. The van der Waals surface area contributed by atoms with Gasteiger partial charge in [-0.3, -0.25) is 5.43 Å². The third-order valence-corrected chi connectivity index (χ3v) is 0.593. The number of hydrazine groups is 1. The molecule has 7 heavy (non-hydrogen) atoms. The molecule has 0 rings (SSSR count). The molecule has 0 fully saturated rings. The van der Waals surface area contributed by atoms with Crippen LogP contribution in [0.3, 0.4) is 0 Å². The van der Waals surface area contributed by atoms with E-state index < -0.39 is 0 Å². The summed E-state index contributed by atoms with van der Waals surface area (Å²) in [6, 6.07) is 0. The molecule has 0 atom stereocenters. The monoisotopic (exact) mass is 117 g/mol. The van der Waals surface area contributed by atoms with Crippen LogP contribution in [0, 0.1) is 0 Å². The van der Waals surface area contributed by atoms with Gasteiger partial charge in [-0.05, 0) is 19.1 Å². The van der Waals surface area contributed by atoms with Crippen LogP contribution in [0.1, 0.15) is 6.92 Å². The third kappa shape index (κ3) is 3.35. The minimum absolute atomic E-state index is 0.308. The van der Waals surface area contributed by atoms with Crippen molar-refractivity contribution in [1.29, 1.82) is 0 Å². The largest absolute Gasteiger partial charge is 0.299 e. The Bertz CT molecular complexity index is 88.2. The van der Waals surface area contributed by atoms with Gasteiger partial charge >= 0.3 is 0 Å². The lowest BCUT2D eigenvalue weighted by atomic mass is 10.9. The van der Waals surface area contributed by atoms with Gasteiger partial charge in [0.1, 0.15) is 0 Å². The summed E-state index contributed by atoms with van der Waals surface area (Å²) in [7, 11) is 0. The summed E-state index contributed by atoms with van der Waals surface area (Å²) in [6.45, 7) is 1.77. The minimum atomic E-state index is 0.308. The maximum absolute atomic E-state index is 4.85. The minimum Gasteiger partial charge on any atom is -0.299 e. The van der Waals surface area contributed by atoms with Crippen molar-refractivity contribution in [3.8, 4) is 0 Å². The van der Waals surface area contributed by atoms with E-state index in [0.717, 1.165) is 0 Å². The number of nitrogens with one attached hydrogen (secondary N) is 1. The molecule has 0 aliphatic carbocycles. The number of nitrogens with zero attached hydrogens (tertiary/aromatic N) is 1. The molecule has 0 unspecified atom stereocenters. The highest BCUT2D eigenvalue weighted by Crippen LogP contribution is 1.66. The van der Waals surface area contributed by atoms with Crippen molar-refractivity contribution in [3.05, 3.63) is 0 Å². The highest BCUT2D eigenvalue weighted by Gasteiger charge is 1.76. The van der Waals surface area contributed by atoms with Crippen LogP contribution in [0.15, 0.2) is 4.99 Å². The zero-order valence-electron chi connectivity index (χ0n) is 4.01. The highest BCUT2D eigenvalue weighted by molar-refractivity contribution is 7.80. The number of hydrogen-bond acceptors (Lipinski definition) is 2. The number of rotatable bonds is 0. The zero-order chi connectivity index (χ0) is 5.70. The van der Waals surface area contributed by atoms with E-state index in [1.165, 1.54) is 0 Å². The molecule has 0 heterocycles. The molecule has 3 nitrogen and oxygen atoms in total. The predicted molar refractivity (Wildman–Crippen MR) is 34.1 cm³/mol. The molecule has 0 aliphatic rings. The van der Waals surface area contributed by atoms with E-state index in [0.29, 0.717) is 5.11 Å². The van der Waals surface area contributed by atoms with Crippen LogP contribution >= 0.6 is 12.2 Å². The van der Waals surface area contributed by atoms with Gasteiger partial charge in [-0.2, -0.15) is 0 Å². The zero-order valence-corrected chi connectivity index (χ0v) is 4.83. The Morgan fingerprint density at radius 2 is 2.57 bits per heavy atom. The second-order valence-electron chi connectivity index (χ2n) is 0.837. The Labute approximate surface area is 47.6 Å². The molecule has 3 N–H and O–H groups in total. The number of hydrogen-bond donors (Lipinski definition) is 2. The van der Waals surface area contributed by atoms with E-state index in [4.69, 9.17) is 5.84 Å². The molecule has 0 bridgehead atoms. The van der Waals surface area contributed by atoms with E-state index in [1.54, 1.807) is 13.1 Å². The van der Waals surface area contributed by atoms with Crippen LogP contribution in [-0.2, 0) is 0 Å². The van der Waals surface area contributed by atoms with E-state index in [-0.39, 0.29) is 0 Å². The SMILES string of the molecule is C/C=N/C(=S)NN. The first kappa shape index (κ1) is 6.52. The van der Waals surface area contributed by atoms with E-state index in [2.05, 4.69) is 22.6 Å². The van der Waals surface area contributed by atoms with Crippen molar-refractivity contribution in [2.24, 2.45) is 10.8 Å². The topological polar surface area (TPSA) is 50.4 Å². The highest BCUT2D eigenvalue weighted by atomic mass is 32.1. The lowest BCUT2D eigenvalue weighted by Crippen LogP contribution is -2.26. The second-order valence-corrected chi connectivity index (χ2v) is 1.22. The molecule has 0 spiro atoms. The van der Waals surface area contributed by atoms with Crippen LogP contribution in [0.25, 0.3) is 0 Å². The van der Waals surface area contributed by atoms with Gasteiger partial charge in [-0.25, -0.2) is 10.8 Å². The van der Waals surface area contributed by atoms with Crippen molar-refractivity contribution >= 4 is 23.5 Å². The summed E-state index contributed by atoms with van der Waals surface area (Å²) in [4.78, 5) is 3.61. The van der Waals surface area contributed by atoms with Crippen LogP contribution in [0.4, 0.5) is 0 Å². The average molecular weight is 117 g/mol. The fraction of sp³-hybridized carbons (Fsp3) is 0.333. The van der Waals surface area contributed by atoms with Crippen molar-refractivity contribution in [2.75, 3.05) is 0 Å². The molecule has 0 saturated carbocycles. The maximum Gasteiger partial charge on any atom is 0.206 e. The first-order valence-electron chi connectivity index (χ1n) is 1.80. The summed E-state index contributed by atoms with van der Waals surface area (Å²) in [5.41, 5.74) is 2.20. The Hall–Kier alpha value is -0.480. The molecular formula is C3H7N3S. The lowest BCUT2D eigenvalue weighted by molar-refractivity contribution is 1.04. The fourth-order valence-electron chi connectivity index (χ4n) is 0.155. The smallest absolute Gasteiger partial charge is 0.206 e. The number of nitrogens with two attached hydrogens (primary N) is 1. The van der Waals surface area contributed by atoms with E-state index >= 15 is 0 Å². The molecule has 40 valence electrons. The molecular weight excluding hydrogens is 110 g/mol. The second kappa shape index (κ2) is 3.70. The standard InChI is InChI=1S/C3H7N3S/c1-2-5-3(7)6-4/h2H,4H2,1H3,(H,6,7)/b5-2+. The van der Waals surface area contributed by atoms with Crippen LogP contribution in [-0.4, -0.2) is 11.3 Å². The molecule has 0 saturated heterocycles. The summed E-state index contributed by atoms with van der Waals surface area (Å²) < 4.78 is 0. The molecule has 4 heteroatoms. The predicted octanol–water partition coefficient (Wildman–Crippen LogP) is -0.175. The van der Waals surface area contributed by atoms with Crippen molar-refractivity contribution in [1.82, 2.24) is 5.43 Å². The van der Waals surface area contributed by atoms with E-state index in [1.807, 2.05) is 0 Å². The van der Waals surface area contributed by atoms with E-state index in [9.17, 15) is 0 Å². The normalized spacial score (nSPS) is 9.43. The molecule has 0 aliphatic heterocycles. The van der Waals surface area contributed by atoms with Gasteiger partial charge in [0.15, 0.2) is 0 Å². The van der Waals surface area contributed by atoms with Crippen LogP contribution in [0.2, 0.25) is 0 Å². The van der Waals surface area contributed by atoms with Gasteiger partial charge in [0.05, 0.1) is 0 Å². The Balaban J connectivity index is 3.37. The third-order valence-electron chi connectivity index (χ3n) is 0.370. The van der Waals surface area contributed by atoms with Crippen molar-refractivity contribution in [2.45, 2.75) is 6.92 Å². The van der Waals surface area contributed by atoms with Gasteiger partial charge in [-0.15, -0.1) is 0 Å². The molecule has 0 radical (unpaired) electrons. The average Bonchev–Trinajstić information content (AvgIpc) is 1.68. The molecule has 0 aromatic heterocycles. The summed E-state index contributed by atoms with van der Waals surface area (Å²) in [5, 5.41) is 0.308. The summed E-state index contributed by atoms with van der Waals surface area (Å²) in [6.07, 6.45) is 1.57. The summed E-state index contributed by atoms with van der Waals surface area (Å²) >= 11 is 4.52. The van der Waals surface area contributed by atoms with Gasteiger partial charge in [0.2, 0.25) is 5.11 Å². The Morgan fingerprint density at radius 3 is 2.71 bits per heavy atom. The maximum atomic E-state index is 4.85.